The SMILES string of the molecule is Bc1ccc(-c2ccco2)cc1. The summed E-state index contributed by atoms with van der Waals surface area (Å²) >= 11 is 0. The van der Waals surface area contributed by atoms with Crippen molar-refractivity contribution in [2.75, 3.05) is 0 Å². The van der Waals surface area contributed by atoms with Crippen LogP contribution >= 0.6 is 0 Å². The highest BCUT2D eigenvalue weighted by Gasteiger charge is 1.97. The van der Waals surface area contributed by atoms with Crippen LogP contribution in [0.5, 0.6) is 0 Å². The van der Waals surface area contributed by atoms with E-state index in [4.69, 9.17) is 4.42 Å². The molecule has 2 aromatic rings. The van der Waals surface area contributed by atoms with Crippen LogP contribution in [0.1, 0.15) is 0 Å². The van der Waals surface area contributed by atoms with Gasteiger partial charge in [0.2, 0.25) is 0 Å². The Bertz CT molecular complexity index is 348. The van der Waals surface area contributed by atoms with E-state index in [1.54, 1.807) is 6.26 Å². The second-order valence-electron chi connectivity index (χ2n) is 2.84. The zero-order chi connectivity index (χ0) is 8.39. The van der Waals surface area contributed by atoms with E-state index in [9.17, 15) is 0 Å². The van der Waals surface area contributed by atoms with Crippen LogP contribution in [0.25, 0.3) is 11.3 Å². The molecule has 0 aliphatic heterocycles. The lowest BCUT2D eigenvalue weighted by molar-refractivity contribution is 0.582. The van der Waals surface area contributed by atoms with E-state index in [1.807, 2.05) is 12.1 Å². The van der Waals surface area contributed by atoms with Crippen molar-refractivity contribution in [3.63, 3.8) is 0 Å². The van der Waals surface area contributed by atoms with Crippen molar-refractivity contribution < 1.29 is 4.42 Å². The van der Waals surface area contributed by atoms with Crippen LogP contribution in [0.15, 0.2) is 47.1 Å². The standard InChI is InChI=1S/C10H9BO/c11-9-5-3-8(4-6-9)10-2-1-7-12-10/h1-7H,11H2. The van der Waals surface area contributed by atoms with Gasteiger partial charge in [-0.15, -0.1) is 0 Å². The van der Waals surface area contributed by atoms with Gasteiger partial charge in [-0.3, -0.25) is 0 Å². The Morgan fingerprint density at radius 1 is 1.00 bits per heavy atom. The predicted molar refractivity (Wildman–Crippen MR) is 52.3 cm³/mol. The smallest absolute Gasteiger partial charge is 0.139 e. The highest BCUT2D eigenvalue weighted by atomic mass is 16.3. The van der Waals surface area contributed by atoms with Gasteiger partial charge in [0.05, 0.1) is 6.26 Å². The van der Waals surface area contributed by atoms with Gasteiger partial charge >= 0.3 is 0 Å². The summed E-state index contributed by atoms with van der Waals surface area (Å²) in [5, 5.41) is 0. The molecule has 0 amide bonds. The predicted octanol–water partition coefficient (Wildman–Crippen LogP) is 1.20. The molecule has 0 fully saturated rings. The monoisotopic (exact) mass is 156 g/mol. The zero-order valence-corrected chi connectivity index (χ0v) is 6.95. The van der Waals surface area contributed by atoms with Gasteiger partial charge in [0.15, 0.2) is 0 Å². The lowest BCUT2D eigenvalue weighted by atomic mass is 9.95. The van der Waals surface area contributed by atoms with Crippen LogP contribution in [0.3, 0.4) is 0 Å². The van der Waals surface area contributed by atoms with E-state index in [-0.39, 0.29) is 0 Å². The summed E-state index contributed by atoms with van der Waals surface area (Å²) < 4.78 is 5.26. The lowest BCUT2D eigenvalue weighted by Gasteiger charge is -1.96. The maximum absolute atomic E-state index is 5.26. The average Bonchev–Trinajstić information content (AvgIpc) is 2.58. The zero-order valence-electron chi connectivity index (χ0n) is 6.95. The van der Waals surface area contributed by atoms with Crippen molar-refractivity contribution in [2.24, 2.45) is 0 Å². The summed E-state index contributed by atoms with van der Waals surface area (Å²) in [7, 11) is 2.08. The highest BCUT2D eigenvalue weighted by Crippen LogP contribution is 2.17. The molecule has 0 aliphatic carbocycles. The first-order valence-corrected chi connectivity index (χ1v) is 3.97. The van der Waals surface area contributed by atoms with Crippen molar-refractivity contribution >= 4 is 13.3 Å². The molecule has 1 aromatic heterocycles. The van der Waals surface area contributed by atoms with Crippen LogP contribution in [0.2, 0.25) is 0 Å². The van der Waals surface area contributed by atoms with Gasteiger partial charge in [0.1, 0.15) is 13.6 Å². The number of benzene rings is 1. The molecule has 0 bridgehead atoms. The lowest BCUT2D eigenvalue weighted by Crippen LogP contribution is -1.98. The summed E-state index contributed by atoms with van der Waals surface area (Å²) in [5.41, 5.74) is 2.40. The number of rotatable bonds is 1. The molecule has 0 saturated heterocycles. The molecule has 58 valence electrons. The van der Waals surface area contributed by atoms with Crippen molar-refractivity contribution in [1.82, 2.24) is 0 Å². The maximum atomic E-state index is 5.26. The maximum Gasteiger partial charge on any atom is 0.139 e. The molecular weight excluding hydrogens is 147 g/mol. The van der Waals surface area contributed by atoms with Gasteiger partial charge in [0, 0.05) is 5.56 Å². The third-order valence-corrected chi connectivity index (χ3v) is 1.86. The van der Waals surface area contributed by atoms with E-state index < -0.39 is 0 Å². The fourth-order valence-corrected chi connectivity index (χ4v) is 1.16. The van der Waals surface area contributed by atoms with Crippen LogP contribution in [-0.4, -0.2) is 7.85 Å². The van der Waals surface area contributed by atoms with E-state index in [0.29, 0.717) is 0 Å². The van der Waals surface area contributed by atoms with Crippen LogP contribution in [0, 0.1) is 0 Å². The first-order chi connectivity index (χ1) is 5.86. The second kappa shape index (κ2) is 2.90. The van der Waals surface area contributed by atoms with E-state index in [0.717, 1.165) is 11.3 Å². The molecule has 2 heteroatoms. The fraction of sp³-hybridized carbons (Fsp3) is 0. The Kier molecular flexibility index (Phi) is 1.74. The van der Waals surface area contributed by atoms with Gasteiger partial charge < -0.3 is 4.42 Å². The molecule has 0 spiro atoms. The highest BCUT2D eigenvalue weighted by molar-refractivity contribution is 6.32. The average molecular weight is 156 g/mol. The molecule has 1 aromatic carbocycles. The molecule has 2 rings (SSSR count). The van der Waals surface area contributed by atoms with Gasteiger partial charge in [-0.05, 0) is 12.1 Å². The Hall–Kier alpha value is -1.44. The van der Waals surface area contributed by atoms with Gasteiger partial charge in [-0.2, -0.15) is 0 Å². The molecule has 0 atom stereocenters. The summed E-state index contributed by atoms with van der Waals surface area (Å²) in [6.07, 6.45) is 1.69. The van der Waals surface area contributed by atoms with Crippen LogP contribution in [0.4, 0.5) is 0 Å². The molecule has 0 radical (unpaired) electrons. The van der Waals surface area contributed by atoms with Gasteiger partial charge in [0.25, 0.3) is 0 Å². The third-order valence-electron chi connectivity index (χ3n) is 1.86. The molecule has 0 N–H and O–H groups in total. The van der Waals surface area contributed by atoms with Crippen molar-refractivity contribution in [1.29, 1.82) is 0 Å². The summed E-state index contributed by atoms with van der Waals surface area (Å²) in [6.45, 7) is 0. The Balaban J connectivity index is 2.43. The normalized spacial score (nSPS) is 10.0. The minimum absolute atomic E-state index is 0.926. The van der Waals surface area contributed by atoms with Crippen molar-refractivity contribution in [2.45, 2.75) is 0 Å². The summed E-state index contributed by atoms with van der Waals surface area (Å²) in [6, 6.07) is 12.2. The third kappa shape index (κ3) is 1.28. The molecule has 12 heavy (non-hydrogen) atoms. The topological polar surface area (TPSA) is 13.1 Å². The Morgan fingerprint density at radius 3 is 2.33 bits per heavy atom. The van der Waals surface area contributed by atoms with Gasteiger partial charge in [-0.1, -0.05) is 29.7 Å². The van der Waals surface area contributed by atoms with E-state index in [1.165, 1.54) is 5.46 Å². The number of hydrogen-bond donors (Lipinski definition) is 0. The molecule has 0 saturated carbocycles. The molecule has 0 unspecified atom stereocenters. The van der Waals surface area contributed by atoms with Gasteiger partial charge in [-0.25, -0.2) is 0 Å². The first-order valence-electron chi connectivity index (χ1n) is 3.97. The molecule has 1 nitrogen and oxygen atoms in total. The summed E-state index contributed by atoms with van der Waals surface area (Å²) in [4.78, 5) is 0. The fourth-order valence-electron chi connectivity index (χ4n) is 1.16. The summed E-state index contributed by atoms with van der Waals surface area (Å²) in [5.74, 6) is 0.926. The van der Waals surface area contributed by atoms with Crippen molar-refractivity contribution in [3.8, 4) is 11.3 Å². The van der Waals surface area contributed by atoms with E-state index in [2.05, 4.69) is 32.1 Å². The van der Waals surface area contributed by atoms with Crippen molar-refractivity contribution in [3.05, 3.63) is 42.7 Å². The Morgan fingerprint density at radius 2 is 1.75 bits per heavy atom. The first kappa shape index (κ1) is 7.23. The largest absolute Gasteiger partial charge is 0.464 e. The van der Waals surface area contributed by atoms with E-state index >= 15 is 0 Å². The minimum Gasteiger partial charge on any atom is -0.464 e. The minimum atomic E-state index is 0.926. The van der Waals surface area contributed by atoms with Crippen LogP contribution < -0.4 is 5.46 Å². The van der Waals surface area contributed by atoms with Crippen LogP contribution in [-0.2, 0) is 0 Å². The molecule has 1 heterocycles. The quantitative estimate of drug-likeness (QED) is 0.565. The number of furan rings is 1. The Labute approximate surface area is 72.4 Å². The second-order valence-corrected chi connectivity index (χ2v) is 2.84. The molecule has 0 aliphatic rings. The molecular formula is C10H9BO. The number of hydrogen-bond acceptors (Lipinski definition) is 1.